The Morgan fingerprint density at radius 3 is 2.54 bits per heavy atom. The Morgan fingerprint density at radius 1 is 1.00 bits per heavy atom. The Balaban J connectivity index is 1.60. The van der Waals surface area contributed by atoms with Crippen LogP contribution in [0.2, 0.25) is 5.02 Å². The molecule has 0 spiro atoms. The van der Waals surface area contributed by atoms with Crippen molar-refractivity contribution in [2.45, 2.75) is 13.3 Å². The number of hydrogen-bond donors (Lipinski definition) is 2. The van der Waals surface area contributed by atoms with Gasteiger partial charge >= 0.3 is 0 Å². The average molecular weight is 394 g/mol. The van der Waals surface area contributed by atoms with Crippen molar-refractivity contribution in [3.05, 3.63) is 88.6 Å². The monoisotopic (exact) mass is 393 g/mol. The van der Waals surface area contributed by atoms with Crippen LogP contribution < -0.4 is 10.6 Å². The minimum absolute atomic E-state index is 0.00887. The quantitative estimate of drug-likeness (QED) is 0.573. The first kappa shape index (κ1) is 19.6. The van der Waals surface area contributed by atoms with Crippen LogP contribution >= 0.6 is 11.6 Å². The van der Waals surface area contributed by atoms with Gasteiger partial charge in [-0.05, 0) is 55.3 Å². The highest BCUT2D eigenvalue weighted by Gasteiger charge is 2.08. The number of halogens is 1. The smallest absolute Gasteiger partial charge is 0.251 e. The first-order valence-corrected chi connectivity index (χ1v) is 9.26. The fourth-order valence-electron chi connectivity index (χ4n) is 2.68. The third-order valence-corrected chi connectivity index (χ3v) is 4.43. The number of ketones is 1. The van der Waals surface area contributed by atoms with Gasteiger partial charge in [-0.25, -0.2) is 4.98 Å². The third-order valence-electron chi connectivity index (χ3n) is 4.18. The van der Waals surface area contributed by atoms with Crippen LogP contribution in [0.1, 0.15) is 33.2 Å². The van der Waals surface area contributed by atoms with E-state index < -0.39 is 0 Å². The number of benzene rings is 2. The Labute approximate surface area is 168 Å². The van der Waals surface area contributed by atoms with Crippen LogP contribution in [0.3, 0.4) is 0 Å². The Bertz CT molecular complexity index is 987. The zero-order valence-corrected chi connectivity index (χ0v) is 16.2. The summed E-state index contributed by atoms with van der Waals surface area (Å²) in [5.41, 5.74) is 2.96. The fraction of sp³-hybridized carbons (Fsp3) is 0.136. The maximum atomic E-state index is 12.4. The van der Waals surface area contributed by atoms with Crippen molar-refractivity contribution in [1.29, 1.82) is 0 Å². The van der Waals surface area contributed by atoms with Crippen molar-refractivity contribution >= 4 is 34.8 Å². The zero-order valence-electron chi connectivity index (χ0n) is 15.4. The summed E-state index contributed by atoms with van der Waals surface area (Å²) in [4.78, 5) is 28.2. The van der Waals surface area contributed by atoms with Crippen molar-refractivity contribution in [1.82, 2.24) is 10.3 Å². The molecular formula is C22H20ClN3O2. The van der Waals surface area contributed by atoms with Gasteiger partial charge in [-0.15, -0.1) is 0 Å². The second-order valence-corrected chi connectivity index (χ2v) is 6.76. The number of nitrogens with zero attached hydrogens (tertiary/aromatic N) is 1. The number of carbonyl (C=O) groups is 2. The van der Waals surface area contributed by atoms with E-state index in [1.807, 2.05) is 30.3 Å². The van der Waals surface area contributed by atoms with Gasteiger partial charge in [-0.1, -0.05) is 35.9 Å². The van der Waals surface area contributed by atoms with E-state index in [1.54, 1.807) is 36.5 Å². The Kier molecular flexibility index (Phi) is 6.40. The van der Waals surface area contributed by atoms with Crippen LogP contribution in [0.4, 0.5) is 11.5 Å². The predicted molar refractivity (Wildman–Crippen MR) is 111 cm³/mol. The van der Waals surface area contributed by atoms with E-state index in [4.69, 9.17) is 11.6 Å². The van der Waals surface area contributed by atoms with E-state index in [2.05, 4.69) is 15.6 Å². The lowest BCUT2D eigenvalue weighted by Gasteiger charge is -2.09. The van der Waals surface area contributed by atoms with E-state index in [0.717, 1.165) is 17.7 Å². The minimum Gasteiger partial charge on any atom is -0.352 e. The van der Waals surface area contributed by atoms with Gasteiger partial charge in [0.2, 0.25) is 0 Å². The maximum Gasteiger partial charge on any atom is 0.251 e. The second-order valence-electron chi connectivity index (χ2n) is 6.32. The van der Waals surface area contributed by atoms with Crippen LogP contribution in [-0.4, -0.2) is 23.2 Å². The number of amides is 1. The number of hydrogen-bond acceptors (Lipinski definition) is 4. The van der Waals surface area contributed by atoms with Crippen LogP contribution in [0.25, 0.3) is 0 Å². The summed E-state index contributed by atoms with van der Waals surface area (Å²) in [6.45, 7) is 2.04. The lowest BCUT2D eigenvalue weighted by atomic mass is 10.1. The molecule has 5 nitrogen and oxygen atoms in total. The average Bonchev–Trinajstić information content (AvgIpc) is 2.70. The number of pyridine rings is 1. The summed E-state index contributed by atoms with van der Waals surface area (Å²) >= 11 is 5.87. The van der Waals surface area contributed by atoms with Gasteiger partial charge in [-0.2, -0.15) is 0 Å². The molecule has 1 heterocycles. The lowest BCUT2D eigenvalue weighted by Crippen LogP contribution is -2.25. The topological polar surface area (TPSA) is 71.1 Å². The lowest BCUT2D eigenvalue weighted by molar-refractivity contribution is 0.0953. The van der Waals surface area contributed by atoms with Gasteiger partial charge in [0.15, 0.2) is 5.78 Å². The van der Waals surface area contributed by atoms with Crippen LogP contribution in [0.5, 0.6) is 0 Å². The third kappa shape index (κ3) is 5.41. The molecule has 1 amide bonds. The molecule has 3 rings (SSSR count). The molecule has 0 unspecified atom stereocenters. The van der Waals surface area contributed by atoms with Gasteiger partial charge in [-0.3, -0.25) is 9.59 Å². The molecule has 3 aromatic rings. The SMILES string of the molecule is CC(=O)c1cccc(Nc2cc(C(=O)NCCc3ccc(Cl)cc3)ccn2)c1. The number of nitrogens with one attached hydrogen (secondary N) is 2. The van der Waals surface area contributed by atoms with Gasteiger partial charge in [0.05, 0.1) is 0 Å². The largest absolute Gasteiger partial charge is 0.352 e. The number of rotatable bonds is 7. The molecule has 0 aliphatic rings. The van der Waals surface area contributed by atoms with Crippen LogP contribution in [0, 0.1) is 0 Å². The normalized spacial score (nSPS) is 10.4. The molecule has 142 valence electrons. The molecule has 2 aromatic carbocycles. The summed E-state index contributed by atoms with van der Waals surface area (Å²) < 4.78 is 0. The number of carbonyl (C=O) groups excluding carboxylic acids is 2. The molecule has 0 atom stereocenters. The molecule has 0 aliphatic heterocycles. The molecule has 0 saturated carbocycles. The fourth-order valence-corrected chi connectivity index (χ4v) is 2.80. The van der Waals surface area contributed by atoms with E-state index in [-0.39, 0.29) is 11.7 Å². The standard InChI is InChI=1S/C22H20ClN3O2/c1-15(27)17-3-2-4-20(13-17)26-21-14-18(10-12-24-21)22(28)25-11-9-16-5-7-19(23)8-6-16/h2-8,10,12-14H,9,11H2,1H3,(H,24,26)(H,25,28). The van der Waals surface area contributed by atoms with Crippen molar-refractivity contribution in [2.24, 2.45) is 0 Å². The second kappa shape index (κ2) is 9.15. The predicted octanol–water partition coefficient (Wildman–Crippen LogP) is 4.65. The molecule has 28 heavy (non-hydrogen) atoms. The van der Waals surface area contributed by atoms with Gasteiger partial charge in [0, 0.05) is 34.6 Å². The van der Waals surface area contributed by atoms with Crippen molar-refractivity contribution in [3.63, 3.8) is 0 Å². The molecular weight excluding hydrogens is 374 g/mol. The summed E-state index contributed by atoms with van der Waals surface area (Å²) in [5.74, 6) is 0.355. The molecule has 6 heteroatoms. The van der Waals surface area contributed by atoms with Gasteiger partial charge in [0.1, 0.15) is 5.82 Å². The first-order chi connectivity index (χ1) is 13.5. The first-order valence-electron chi connectivity index (χ1n) is 8.88. The summed E-state index contributed by atoms with van der Waals surface area (Å²) in [6.07, 6.45) is 2.29. The van der Waals surface area contributed by atoms with Gasteiger partial charge < -0.3 is 10.6 Å². The summed E-state index contributed by atoms with van der Waals surface area (Å²) in [6, 6.07) is 18.0. The zero-order chi connectivity index (χ0) is 19.9. The van der Waals surface area contributed by atoms with Gasteiger partial charge in [0.25, 0.3) is 5.91 Å². The number of aromatic nitrogens is 1. The molecule has 0 radical (unpaired) electrons. The molecule has 0 bridgehead atoms. The van der Waals surface area contributed by atoms with Crippen molar-refractivity contribution < 1.29 is 9.59 Å². The molecule has 2 N–H and O–H groups in total. The van der Waals surface area contributed by atoms with E-state index in [0.29, 0.717) is 28.5 Å². The van der Waals surface area contributed by atoms with Crippen molar-refractivity contribution in [2.75, 3.05) is 11.9 Å². The molecule has 0 saturated heterocycles. The summed E-state index contributed by atoms with van der Waals surface area (Å²) in [7, 11) is 0. The molecule has 0 fully saturated rings. The van der Waals surface area contributed by atoms with E-state index >= 15 is 0 Å². The van der Waals surface area contributed by atoms with Crippen LogP contribution in [-0.2, 0) is 6.42 Å². The van der Waals surface area contributed by atoms with E-state index in [1.165, 1.54) is 6.92 Å². The van der Waals surface area contributed by atoms with Crippen LogP contribution in [0.15, 0.2) is 66.9 Å². The highest BCUT2D eigenvalue weighted by Crippen LogP contribution is 2.17. The number of Topliss-reactive ketones (excluding diaryl/α,β-unsaturated/α-hetero) is 1. The molecule has 1 aromatic heterocycles. The Hall–Kier alpha value is -3.18. The molecule has 0 aliphatic carbocycles. The minimum atomic E-state index is -0.170. The highest BCUT2D eigenvalue weighted by atomic mass is 35.5. The Morgan fingerprint density at radius 2 is 1.79 bits per heavy atom. The highest BCUT2D eigenvalue weighted by molar-refractivity contribution is 6.30. The van der Waals surface area contributed by atoms with E-state index in [9.17, 15) is 9.59 Å². The summed E-state index contributed by atoms with van der Waals surface area (Å²) in [5, 5.41) is 6.72. The number of anilines is 2. The van der Waals surface area contributed by atoms with Crippen molar-refractivity contribution in [3.8, 4) is 0 Å². The maximum absolute atomic E-state index is 12.4.